The Morgan fingerprint density at radius 1 is 1.05 bits per heavy atom. The van der Waals surface area contributed by atoms with Crippen molar-refractivity contribution in [2.75, 3.05) is 31.3 Å². The number of benzene rings is 1. The molecule has 3 aliphatic rings. The highest BCUT2D eigenvalue weighted by atomic mass is 16.5. The number of nitrogens with zero attached hydrogens (tertiary/aromatic N) is 6. The van der Waals surface area contributed by atoms with Gasteiger partial charge in [-0.2, -0.15) is 5.10 Å². The van der Waals surface area contributed by atoms with Crippen LogP contribution in [0.5, 0.6) is 5.88 Å². The first kappa shape index (κ1) is 27.9. The van der Waals surface area contributed by atoms with E-state index in [1.54, 1.807) is 10.9 Å². The van der Waals surface area contributed by atoms with Gasteiger partial charge in [0.1, 0.15) is 0 Å². The van der Waals surface area contributed by atoms with Gasteiger partial charge in [0.2, 0.25) is 11.8 Å². The molecule has 0 saturated heterocycles. The summed E-state index contributed by atoms with van der Waals surface area (Å²) >= 11 is 0. The number of hydrogen-bond acceptors (Lipinski definition) is 7. The van der Waals surface area contributed by atoms with E-state index in [9.17, 15) is 4.79 Å². The van der Waals surface area contributed by atoms with E-state index in [0.717, 1.165) is 60.2 Å². The zero-order valence-electron chi connectivity index (χ0n) is 25.6. The fourth-order valence-corrected chi connectivity index (χ4v) is 6.97. The molecule has 10 heteroatoms. The second-order valence-corrected chi connectivity index (χ2v) is 12.9. The first-order valence-corrected chi connectivity index (χ1v) is 15.7. The normalized spacial score (nSPS) is 22.8. The lowest BCUT2D eigenvalue weighted by molar-refractivity contribution is 0.102. The molecular formula is C33H42N8O2. The Balaban J connectivity index is 1.24. The summed E-state index contributed by atoms with van der Waals surface area (Å²) in [5, 5.41) is 11.4. The van der Waals surface area contributed by atoms with Crippen molar-refractivity contribution in [3.8, 4) is 17.1 Å². The maximum Gasteiger partial charge on any atom is 0.258 e. The van der Waals surface area contributed by atoms with E-state index in [-0.39, 0.29) is 5.91 Å². The van der Waals surface area contributed by atoms with Crippen LogP contribution in [-0.4, -0.2) is 67.9 Å². The number of amides is 1. The number of hydrogen-bond donors (Lipinski definition) is 2. The lowest BCUT2D eigenvalue weighted by atomic mass is 9.97. The molecule has 4 aromatic rings. The van der Waals surface area contributed by atoms with E-state index in [2.05, 4.69) is 57.5 Å². The molecule has 1 aromatic carbocycles. The Labute approximate surface area is 252 Å². The zero-order chi connectivity index (χ0) is 29.7. The van der Waals surface area contributed by atoms with E-state index >= 15 is 0 Å². The van der Waals surface area contributed by atoms with Gasteiger partial charge in [0.05, 0.1) is 35.1 Å². The van der Waals surface area contributed by atoms with Crippen molar-refractivity contribution < 1.29 is 9.53 Å². The molecule has 43 heavy (non-hydrogen) atoms. The summed E-state index contributed by atoms with van der Waals surface area (Å²) in [6.45, 7) is 3.32. The molecule has 1 aliphatic heterocycles. The molecule has 3 aromatic heterocycles. The van der Waals surface area contributed by atoms with Gasteiger partial charge in [0.25, 0.3) is 5.91 Å². The SMILES string of the molecule is Cc1cc2cc(n1)-c1cnn(C)c1OCCC[C@@H](C1CC1)Cn1c(nc3cc(N[C@H]4CC[C@@H](N(C)C)C4)ccc31)NC2=O. The van der Waals surface area contributed by atoms with Gasteiger partial charge in [-0.25, -0.2) is 9.67 Å². The minimum Gasteiger partial charge on any atom is -0.477 e. The van der Waals surface area contributed by atoms with Gasteiger partial charge in [-0.1, -0.05) is 0 Å². The number of nitrogens with one attached hydrogen (secondary N) is 2. The molecule has 3 atom stereocenters. The average Bonchev–Trinajstić information content (AvgIpc) is 3.46. The van der Waals surface area contributed by atoms with Crippen LogP contribution in [0.1, 0.15) is 61.0 Å². The quantitative estimate of drug-likeness (QED) is 0.328. The highest BCUT2D eigenvalue weighted by molar-refractivity contribution is 6.05. The second-order valence-electron chi connectivity index (χ2n) is 12.9. The van der Waals surface area contributed by atoms with E-state index < -0.39 is 0 Å². The fraction of sp³-hybridized carbons (Fsp3) is 0.515. The third-order valence-electron chi connectivity index (χ3n) is 9.52. The lowest BCUT2D eigenvalue weighted by Gasteiger charge is -2.20. The minimum atomic E-state index is -0.202. The molecule has 2 bridgehead atoms. The van der Waals surface area contributed by atoms with Crippen LogP contribution in [0.3, 0.4) is 0 Å². The van der Waals surface area contributed by atoms with Crippen molar-refractivity contribution in [1.82, 2.24) is 29.2 Å². The van der Waals surface area contributed by atoms with Crippen molar-refractivity contribution >= 4 is 28.6 Å². The van der Waals surface area contributed by atoms with Crippen LogP contribution in [0.25, 0.3) is 22.3 Å². The second kappa shape index (κ2) is 11.3. The average molecular weight is 583 g/mol. The smallest absolute Gasteiger partial charge is 0.258 e. The molecule has 2 saturated carbocycles. The van der Waals surface area contributed by atoms with Crippen molar-refractivity contribution in [3.63, 3.8) is 0 Å². The topological polar surface area (TPSA) is 102 Å². The Hall–Kier alpha value is -3.92. The monoisotopic (exact) mass is 582 g/mol. The molecule has 226 valence electrons. The summed E-state index contributed by atoms with van der Waals surface area (Å²) in [4.78, 5) is 25.8. The molecule has 0 radical (unpaired) electrons. The van der Waals surface area contributed by atoms with E-state index in [4.69, 9.17) is 14.7 Å². The minimum absolute atomic E-state index is 0.202. The molecule has 2 fully saturated rings. The Bertz CT molecular complexity index is 1650. The first-order chi connectivity index (χ1) is 20.8. The fourth-order valence-electron chi connectivity index (χ4n) is 6.97. The molecular weight excluding hydrogens is 540 g/mol. The summed E-state index contributed by atoms with van der Waals surface area (Å²) in [6.07, 6.45) is 9.78. The molecule has 10 nitrogen and oxygen atoms in total. The third-order valence-corrected chi connectivity index (χ3v) is 9.52. The van der Waals surface area contributed by atoms with Crippen LogP contribution < -0.4 is 15.4 Å². The predicted molar refractivity (Wildman–Crippen MR) is 169 cm³/mol. The number of fused-ring (bicyclic) bond motifs is 7. The van der Waals surface area contributed by atoms with Gasteiger partial charge >= 0.3 is 0 Å². The highest BCUT2D eigenvalue weighted by Crippen LogP contribution is 2.41. The maximum atomic E-state index is 13.8. The van der Waals surface area contributed by atoms with E-state index in [1.807, 2.05) is 26.1 Å². The summed E-state index contributed by atoms with van der Waals surface area (Å²) in [5.41, 5.74) is 5.78. The van der Waals surface area contributed by atoms with Gasteiger partial charge in [-0.05, 0) is 108 Å². The zero-order valence-corrected chi connectivity index (χ0v) is 25.6. The maximum absolute atomic E-state index is 13.8. The molecule has 0 unspecified atom stereocenters. The third kappa shape index (κ3) is 5.72. The van der Waals surface area contributed by atoms with Gasteiger partial charge in [-0.3, -0.25) is 15.1 Å². The number of aromatic nitrogens is 5. The van der Waals surface area contributed by atoms with E-state index in [0.29, 0.717) is 53.6 Å². The van der Waals surface area contributed by atoms with Crippen LogP contribution in [0, 0.1) is 18.8 Å². The van der Waals surface area contributed by atoms with Gasteiger partial charge in [-0.15, -0.1) is 0 Å². The van der Waals surface area contributed by atoms with Gasteiger partial charge in [0.15, 0.2) is 0 Å². The largest absolute Gasteiger partial charge is 0.477 e. The van der Waals surface area contributed by atoms with Crippen LogP contribution in [0.15, 0.2) is 36.5 Å². The standard InChI is InChI=1S/C33H42N8O2/c1-20-14-23-15-28(35-20)27-18-34-40(4)32(27)43-13-5-6-22(21-7-8-21)19-41-30-12-10-25(17-29(30)37-33(41)38-31(23)42)36-24-9-11-26(16-24)39(2)3/h10,12,14-15,17-18,21-22,24,26,36H,5-9,11,13,16,19H2,1-4H3,(H,37,38,42)/t22-,24+,26-/m1/s1. The molecule has 0 spiro atoms. The van der Waals surface area contributed by atoms with Gasteiger partial charge < -0.3 is 19.5 Å². The molecule has 7 rings (SSSR count). The number of carbonyl (C=O) groups is 1. The van der Waals surface area contributed by atoms with Crippen molar-refractivity contribution in [2.24, 2.45) is 18.9 Å². The number of ether oxygens (including phenoxy) is 1. The van der Waals surface area contributed by atoms with Crippen LogP contribution in [0.4, 0.5) is 11.6 Å². The molecule has 2 N–H and O–H groups in total. The summed E-state index contributed by atoms with van der Waals surface area (Å²) < 4.78 is 10.3. The van der Waals surface area contributed by atoms with Gasteiger partial charge in [0, 0.05) is 42.6 Å². The predicted octanol–water partition coefficient (Wildman–Crippen LogP) is 5.49. The number of rotatable bonds is 4. The summed E-state index contributed by atoms with van der Waals surface area (Å²) in [6, 6.07) is 11.2. The van der Waals surface area contributed by atoms with Crippen molar-refractivity contribution in [2.45, 2.75) is 70.5 Å². The van der Waals surface area contributed by atoms with Crippen molar-refractivity contribution in [1.29, 1.82) is 0 Å². The Morgan fingerprint density at radius 2 is 1.91 bits per heavy atom. The number of imidazole rings is 1. The lowest BCUT2D eigenvalue weighted by Crippen LogP contribution is -2.26. The molecule has 2 aliphatic carbocycles. The first-order valence-electron chi connectivity index (χ1n) is 15.7. The number of pyridine rings is 1. The summed E-state index contributed by atoms with van der Waals surface area (Å²) in [7, 11) is 6.21. The van der Waals surface area contributed by atoms with E-state index in [1.165, 1.54) is 19.3 Å². The number of aryl methyl sites for hydroxylation is 2. The van der Waals surface area contributed by atoms with Crippen LogP contribution in [0.2, 0.25) is 0 Å². The van der Waals surface area contributed by atoms with Crippen LogP contribution in [-0.2, 0) is 13.6 Å². The molecule has 1 amide bonds. The van der Waals surface area contributed by atoms with Crippen molar-refractivity contribution in [3.05, 3.63) is 47.8 Å². The summed E-state index contributed by atoms with van der Waals surface area (Å²) in [5.74, 6) is 2.25. The van der Waals surface area contributed by atoms with Crippen LogP contribution >= 0.6 is 0 Å². The number of carbonyl (C=O) groups excluding carboxylic acids is 1. The Kier molecular flexibility index (Phi) is 7.33. The number of anilines is 2. The molecule has 4 heterocycles. The highest BCUT2D eigenvalue weighted by Gasteiger charge is 2.33. The Morgan fingerprint density at radius 3 is 2.70 bits per heavy atom.